The summed E-state index contributed by atoms with van der Waals surface area (Å²) >= 11 is 5.90. The van der Waals surface area contributed by atoms with Crippen LogP contribution in [0.1, 0.15) is 17.3 Å². The van der Waals surface area contributed by atoms with E-state index >= 15 is 0 Å². The summed E-state index contributed by atoms with van der Waals surface area (Å²) in [6.07, 6.45) is 0. The molecule has 0 aliphatic carbocycles. The first-order valence-electron chi connectivity index (χ1n) is 6.05. The maximum absolute atomic E-state index is 12.3. The van der Waals surface area contributed by atoms with Crippen molar-refractivity contribution < 1.29 is 19.2 Å². The van der Waals surface area contributed by atoms with Crippen molar-refractivity contribution in [1.82, 2.24) is 4.90 Å². The van der Waals surface area contributed by atoms with Gasteiger partial charge in [-0.3, -0.25) is 19.7 Å². The van der Waals surface area contributed by atoms with Crippen LogP contribution in [0, 0.1) is 16.0 Å². The Balaban J connectivity index is 2.95. The number of benzene rings is 1. The number of nitro benzene ring substituents is 1. The summed E-state index contributed by atoms with van der Waals surface area (Å²) in [6.45, 7) is 1.73. The summed E-state index contributed by atoms with van der Waals surface area (Å²) in [7, 11) is 2.75. The highest BCUT2D eigenvalue weighted by atomic mass is 35.5. The Bertz CT molecular complexity index is 576. The Morgan fingerprint density at radius 3 is 2.62 bits per heavy atom. The van der Waals surface area contributed by atoms with Crippen LogP contribution in [-0.2, 0) is 9.53 Å². The van der Waals surface area contributed by atoms with Crippen molar-refractivity contribution in [2.24, 2.45) is 5.92 Å². The fourth-order valence-electron chi connectivity index (χ4n) is 1.77. The smallest absolute Gasteiger partial charge is 0.310 e. The number of methoxy groups -OCH3 is 1. The first-order valence-corrected chi connectivity index (χ1v) is 6.43. The molecule has 1 unspecified atom stereocenters. The largest absolute Gasteiger partial charge is 0.469 e. The van der Waals surface area contributed by atoms with E-state index in [1.165, 1.54) is 31.2 Å². The van der Waals surface area contributed by atoms with Gasteiger partial charge in [-0.1, -0.05) is 18.5 Å². The molecule has 0 heterocycles. The first kappa shape index (κ1) is 16.9. The van der Waals surface area contributed by atoms with Crippen LogP contribution in [0.25, 0.3) is 0 Å². The molecule has 1 aromatic rings. The normalized spacial score (nSPS) is 11.6. The van der Waals surface area contributed by atoms with Gasteiger partial charge in [0.2, 0.25) is 0 Å². The third-order valence-electron chi connectivity index (χ3n) is 2.89. The third-order valence-corrected chi connectivity index (χ3v) is 3.22. The Morgan fingerprint density at radius 2 is 2.10 bits per heavy atom. The summed E-state index contributed by atoms with van der Waals surface area (Å²) in [5.74, 6) is -1.46. The van der Waals surface area contributed by atoms with Gasteiger partial charge in [-0.05, 0) is 6.07 Å². The highest BCUT2D eigenvalue weighted by Crippen LogP contribution is 2.23. The predicted molar refractivity (Wildman–Crippen MR) is 76.2 cm³/mol. The number of carbonyl (C=O) groups is 2. The van der Waals surface area contributed by atoms with E-state index in [1.807, 2.05) is 0 Å². The fourth-order valence-corrected chi connectivity index (χ4v) is 1.96. The maximum atomic E-state index is 12.3. The second kappa shape index (κ2) is 7.03. The van der Waals surface area contributed by atoms with E-state index in [0.29, 0.717) is 0 Å². The van der Waals surface area contributed by atoms with E-state index in [-0.39, 0.29) is 22.8 Å². The SMILES string of the molecule is COC(=O)C(C)CN(C)C(=O)c1cc([N+](=O)[O-])ccc1Cl. The molecule has 0 aliphatic heterocycles. The molecule has 0 aliphatic rings. The molecule has 21 heavy (non-hydrogen) atoms. The van der Waals surface area contributed by atoms with Crippen LogP contribution in [0.5, 0.6) is 0 Å². The van der Waals surface area contributed by atoms with Gasteiger partial charge in [0.25, 0.3) is 11.6 Å². The van der Waals surface area contributed by atoms with Crippen LogP contribution < -0.4 is 0 Å². The van der Waals surface area contributed by atoms with Crippen molar-refractivity contribution in [2.75, 3.05) is 20.7 Å². The van der Waals surface area contributed by atoms with Gasteiger partial charge in [-0.15, -0.1) is 0 Å². The molecular formula is C13H15ClN2O5. The van der Waals surface area contributed by atoms with Gasteiger partial charge in [0.1, 0.15) is 0 Å². The van der Waals surface area contributed by atoms with Crippen LogP contribution in [0.2, 0.25) is 5.02 Å². The van der Waals surface area contributed by atoms with Crippen LogP contribution in [0.15, 0.2) is 18.2 Å². The number of esters is 1. The molecule has 114 valence electrons. The van der Waals surface area contributed by atoms with E-state index in [9.17, 15) is 19.7 Å². The van der Waals surface area contributed by atoms with Gasteiger partial charge in [0.15, 0.2) is 0 Å². The lowest BCUT2D eigenvalue weighted by molar-refractivity contribution is -0.384. The second-order valence-corrected chi connectivity index (χ2v) is 4.94. The van der Waals surface area contributed by atoms with Gasteiger partial charge >= 0.3 is 5.97 Å². The van der Waals surface area contributed by atoms with E-state index < -0.39 is 22.7 Å². The summed E-state index contributed by atoms with van der Waals surface area (Å²) in [4.78, 5) is 35.0. The predicted octanol–water partition coefficient (Wildman–Crippen LogP) is 2.13. The number of ether oxygens (including phenoxy) is 1. The van der Waals surface area contributed by atoms with Crippen molar-refractivity contribution in [1.29, 1.82) is 0 Å². The number of hydrogen-bond donors (Lipinski definition) is 0. The number of hydrogen-bond acceptors (Lipinski definition) is 5. The molecule has 8 heteroatoms. The Morgan fingerprint density at radius 1 is 1.48 bits per heavy atom. The van der Waals surface area contributed by atoms with Crippen molar-refractivity contribution in [3.8, 4) is 0 Å². The average Bonchev–Trinajstić information content (AvgIpc) is 2.45. The highest BCUT2D eigenvalue weighted by molar-refractivity contribution is 6.33. The molecule has 1 aromatic carbocycles. The molecule has 1 amide bonds. The molecule has 0 spiro atoms. The van der Waals surface area contributed by atoms with Crippen molar-refractivity contribution in [2.45, 2.75) is 6.92 Å². The standard InChI is InChI=1S/C13H15ClN2O5/c1-8(13(18)21-3)7-15(2)12(17)10-6-9(16(19)20)4-5-11(10)14/h4-6,8H,7H2,1-3H3. The molecule has 0 bridgehead atoms. The van der Waals surface area contributed by atoms with E-state index in [4.69, 9.17) is 11.6 Å². The molecule has 1 atom stereocenters. The van der Waals surface area contributed by atoms with E-state index in [1.54, 1.807) is 6.92 Å². The lowest BCUT2D eigenvalue weighted by Crippen LogP contribution is -2.34. The molecule has 0 fully saturated rings. The summed E-state index contributed by atoms with van der Waals surface area (Å²) < 4.78 is 4.58. The summed E-state index contributed by atoms with van der Waals surface area (Å²) in [6, 6.07) is 3.63. The van der Waals surface area contributed by atoms with E-state index in [2.05, 4.69) is 4.74 Å². The number of carbonyl (C=O) groups excluding carboxylic acids is 2. The fraction of sp³-hybridized carbons (Fsp3) is 0.385. The number of nitro groups is 1. The molecule has 0 radical (unpaired) electrons. The zero-order chi connectivity index (χ0) is 16.2. The maximum Gasteiger partial charge on any atom is 0.310 e. The van der Waals surface area contributed by atoms with E-state index in [0.717, 1.165) is 6.07 Å². The average molecular weight is 315 g/mol. The quantitative estimate of drug-likeness (QED) is 0.472. The van der Waals surface area contributed by atoms with Crippen LogP contribution in [-0.4, -0.2) is 42.4 Å². The monoisotopic (exact) mass is 314 g/mol. The minimum atomic E-state index is -0.607. The van der Waals surface area contributed by atoms with Gasteiger partial charge < -0.3 is 9.64 Å². The molecule has 7 nitrogen and oxygen atoms in total. The number of nitrogens with zero attached hydrogens (tertiary/aromatic N) is 2. The molecule has 0 saturated carbocycles. The number of halogens is 1. The number of amides is 1. The molecule has 0 aromatic heterocycles. The zero-order valence-corrected chi connectivity index (χ0v) is 12.6. The summed E-state index contributed by atoms with van der Waals surface area (Å²) in [5.41, 5.74) is -0.206. The van der Waals surface area contributed by atoms with Gasteiger partial charge in [-0.25, -0.2) is 0 Å². The Kier molecular flexibility index (Phi) is 5.66. The lowest BCUT2D eigenvalue weighted by Gasteiger charge is -2.20. The molecular weight excluding hydrogens is 300 g/mol. The Hall–Kier alpha value is -2.15. The number of rotatable bonds is 5. The summed E-state index contributed by atoms with van der Waals surface area (Å²) in [5, 5.41) is 10.9. The first-order chi connectivity index (χ1) is 9.77. The molecule has 1 rings (SSSR count). The second-order valence-electron chi connectivity index (χ2n) is 4.53. The minimum absolute atomic E-state index is 0.0189. The minimum Gasteiger partial charge on any atom is -0.469 e. The molecule has 0 saturated heterocycles. The van der Waals surface area contributed by atoms with Gasteiger partial charge in [0.05, 0.1) is 28.5 Å². The zero-order valence-electron chi connectivity index (χ0n) is 11.8. The third kappa shape index (κ3) is 4.16. The van der Waals surface area contributed by atoms with Gasteiger partial charge in [0, 0.05) is 25.7 Å². The highest BCUT2D eigenvalue weighted by Gasteiger charge is 2.22. The number of non-ortho nitro benzene ring substituents is 1. The molecule has 0 N–H and O–H groups in total. The Labute approximate surface area is 126 Å². The van der Waals surface area contributed by atoms with Crippen molar-refractivity contribution in [3.05, 3.63) is 38.9 Å². The van der Waals surface area contributed by atoms with Crippen molar-refractivity contribution in [3.63, 3.8) is 0 Å². The van der Waals surface area contributed by atoms with Crippen LogP contribution in [0.3, 0.4) is 0 Å². The van der Waals surface area contributed by atoms with Crippen LogP contribution >= 0.6 is 11.6 Å². The van der Waals surface area contributed by atoms with Crippen molar-refractivity contribution >= 4 is 29.2 Å². The van der Waals surface area contributed by atoms with Crippen LogP contribution in [0.4, 0.5) is 5.69 Å². The van der Waals surface area contributed by atoms with Gasteiger partial charge in [-0.2, -0.15) is 0 Å². The topological polar surface area (TPSA) is 89.8 Å². The lowest BCUT2D eigenvalue weighted by atomic mass is 10.1.